The Balaban J connectivity index is 1.47. The van der Waals surface area contributed by atoms with Crippen LogP contribution >= 0.6 is 0 Å². The first-order valence-electron chi connectivity index (χ1n) is 7.95. The van der Waals surface area contributed by atoms with Crippen LogP contribution in [0.4, 0.5) is 20.2 Å². The first-order chi connectivity index (χ1) is 12.5. The summed E-state index contributed by atoms with van der Waals surface area (Å²) in [6, 6.07) is 7.72. The molecule has 0 bridgehead atoms. The Labute approximate surface area is 147 Å². The second kappa shape index (κ2) is 5.98. The minimum atomic E-state index is -1.27. The van der Waals surface area contributed by atoms with E-state index in [1.165, 1.54) is 0 Å². The van der Waals surface area contributed by atoms with Gasteiger partial charge in [-0.1, -0.05) is 0 Å². The number of ether oxygens (including phenoxy) is 2. The van der Waals surface area contributed by atoms with E-state index in [1.54, 1.807) is 18.2 Å². The molecule has 2 aliphatic rings. The molecule has 1 heterocycles. The lowest BCUT2D eigenvalue weighted by Crippen LogP contribution is -2.35. The minimum absolute atomic E-state index is 0.113. The Morgan fingerprint density at radius 1 is 0.923 bits per heavy atom. The van der Waals surface area contributed by atoms with E-state index in [0.29, 0.717) is 36.1 Å². The average Bonchev–Trinajstić information content (AvgIpc) is 3.30. The zero-order valence-corrected chi connectivity index (χ0v) is 13.5. The molecular weight excluding hydrogens is 346 g/mol. The number of carbonyl (C=O) groups excluding carboxylic acids is 2. The van der Waals surface area contributed by atoms with Gasteiger partial charge in [-0.3, -0.25) is 9.59 Å². The molecule has 1 saturated carbocycles. The zero-order valence-electron chi connectivity index (χ0n) is 13.5. The predicted molar refractivity (Wildman–Crippen MR) is 87.8 cm³/mol. The van der Waals surface area contributed by atoms with Gasteiger partial charge in [0, 0.05) is 17.8 Å². The summed E-state index contributed by atoms with van der Waals surface area (Å²) in [7, 11) is 0. The molecule has 0 aromatic heterocycles. The van der Waals surface area contributed by atoms with Crippen molar-refractivity contribution < 1.29 is 27.8 Å². The molecule has 0 saturated heterocycles. The fourth-order valence-electron chi connectivity index (χ4n) is 2.74. The molecule has 1 aliphatic heterocycles. The fourth-order valence-corrected chi connectivity index (χ4v) is 2.74. The van der Waals surface area contributed by atoms with Crippen molar-refractivity contribution in [3.8, 4) is 11.5 Å². The number of hydrogen-bond acceptors (Lipinski definition) is 4. The van der Waals surface area contributed by atoms with E-state index in [-0.39, 0.29) is 12.5 Å². The Bertz CT molecular complexity index is 912. The third-order valence-electron chi connectivity index (χ3n) is 4.43. The molecule has 1 aliphatic carbocycles. The van der Waals surface area contributed by atoms with Crippen LogP contribution in [0.2, 0.25) is 0 Å². The van der Waals surface area contributed by atoms with Crippen LogP contribution in [0.25, 0.3) is 0 Å². The van der Waals surface area contributed by atoms with Gasteiger partial charge < -0.3 is 20.1 Å². The molecule has 0 spiro atoms. The van der Waals surface area contributed by atoms with Crippen molar-refractivity contribution in [2.75, 3.05) is 17.4 Å². The second-order valence-electron chi connectivity index (χ2n) is 6.18. The van der Waals surface area contributed by atoms with Crippen molar-refractivity contribution in [3.05, 3.63) is 48.0 Å². The highest BCUT2D eigenvalue weighted by molar-refractivity contribution is 6.17. The van der Waals surface area contributed by atoms with E-state index >= 15 is 0 Å². The summed E-state index contributed by atoms with van der Waals surface area (Å²) < 4.78 is 37.1. The van der Waals surface area contributed by atoms with Crippen LogP contribution < -0.4 is 20.1 Å². The van der Waals surface area contributed by atoms with Crippen LogP contribution in [-0.4, -0.2) is 18.6 Å². The maximum absolute atomic E-state index is 13.7. The molecule has 4 rings (SSSR count). The van der Waals surface area contributed by atoms with Crippen molar-refractivity contribution >= 4 is 23.2 Å². The second-order valence-corrected chi connectivity index (χ2v) is 6.18. The van der Waals surface area contributed by atoms with Gasteiger partial charge in [0.05, 0.1) is 5.69 Å². The quantitative estimate of drug-likeness (QED) is 0.822. The third kappa shape index (κ3) is 2.83. The van der Waals surface area contributed by atoms with Crippen molar-refractivity contribution in [2.45, 2.75) is 12.8 Å². The SMILES string of the molecule is O=C(Nc1ccc2c(c1)OCO2)C1(C(=O)Nc2ccc(F)cc2F)CC1. The van der Waals surface area contributed by atoms with Crippen LogP contribution in [0.5, 0.6) is 11.5 Å². The summed E-state index contributed by atoms with van der Waals surface area (Å²) in [6.45, 7) is 0.113. The summed E-state index contributed by atoms with van der Waals surface area (Å²) in [4.78, 5) is 25.0. The maximum atomic E-state index is 13.7. The number of halogens is 2. The van der Waals surface area contributed by atoms with Crippen LogP contribution in [0.15, 0.2) is 36.4 Å². The maximum Gasteiger partial charge on any atom is 0.240 e. The van der Waals surface area contributed by atoms with E-state index in [0.717, 1.165) is 12.1 Å². The molecule has 0 radical (unpaired) electrons. The largest absolute Gasteiger partial charge is 0.454 e. The number of anilines is 2. The Morgan fingerprint density at radius 2 is 1.65 bits per heavy atom. The van der Waals surface area contributed by atoms with E-state index in [2.05, 4.69) is 10.6 Å². The topological polar surface area (TPSA) is 76.7 Å². The molecular formula is C18H14F2N2O4. The van der Waals surface area contributed by atoms with Crippen molar-refractivity contribution in [1.29, 1.82) is 0 Å². The number of fused-ring (bicyclic) bond motifs is 1. The smallest absolute Gasteiger partial charge is 0.240 e. The summed E-state index contributed by atoms with van der Waals surface area (Å²) in [6.07, 6.45) is 0.691. The third-order valence-corrected chi connectivity index (χ3v) is 4.43. The Kier molecular flexibility index (Phi) is 3.75. The number of amides is 2. The highest BCUT2D eigenvalue weighted by Gasteiger charge is 2.56. The molecule has 26 heavy (non-hydrogen) atoms. The van der Waals surface area contributed by atoms with E-state index < -0.39 is 28.9 Å². The normalized spacial score (nSPS) is 16.1. The number of benzene rings is 2. The lowest BCUT2D eigenvalue weighted by atomic mass is 10.0. The fraction of sp³-hybridized carbons (Fsp3) is 0.222. The van der Waals surface area contributed by atoms with Gasteiger partial charge in [0.25, 0.3) is 0 Å². The molecule has 1 fully saturated rings. The predicted octanol–water partition coefficient (Wildman–Crippen LogP) is 3.05. The van der Waals surface area contributed by atoms with E-state index in [9.17, 15) is 18.4 Å². The van der Waals surface area contributed by atoms with Crippen LogP contribution in [0.3, 0.4) is 0 Å². The van der Waals surface area contributed by atoms with Gasteiger partial charge in [-0.15, -0.1) is 0 Å². The molecule has 0 atom stereocenters. The molecule has 2 amide bonds. The number of nitrogens with one attached hydrogen (secondary N) is 2. The van der Waals surface area contributed by atoms with Gasteiger partial charge in [0.2, 0.25) is 18.6 Å². The van der Waals surface area contributed by atoms with Gasteiger partial charge >= 0.3 is 0 Å². The van der Waals surface area contributed by atoms with E-state index in [4.69, 9.17) is 9.47 Å². The van der Waals surface area contributed by atoms with Gasteiger partial charge in [0.1, 0.15) is 17.0 Å². The summed E-state index contributed by atoms with van der Waals surface area (Å²) >= 11 is 0. The van der Waals surface area contributed by atoms with Crippen molar-refractivity contribution in [1.82, 2.24) is 0 Å². The molecule has 2 N–H and O–H groups in total. The van der Waals surface area contributed by atoms with Gasteiger partial charge in [0.15, 0.2) is 11.5 Å². The highest BCUT2D eigenvalue weighted by Crippen LogP contribution is 2.48. The Morgan fingerprint density at radius 3 is 2.38 bits per heavy atom. The highest BCUT2D eigenvalue weighted by atomic mass is 19.1. The Hall–Kier alpha value is -3.16. The number of hydrogen-bond donors (Lipinski definition) is 2. The lowest BCUT2D eigenvalue weighted by molar-refractivity contribution is -0.131. The number of carbonyl (C=O) groups is 2. The van der Waals surface area contributed by atoms with Gasteiger partial charge in [-0.25, -0.2) is 8.78 Å². The minimum Gasteiger partial charge on any atom is -0.454 e. The first kappa shape index (κ1) is 16.3. The van der Waals surface area contributed by atoms with Crippen molar-refractivity contribution in [3.63, 3.8) is 0 Å². The van der Waals surface area contributed by atoms with Gasteiger partial charge in [-0.05, 0) is 37.1 Å². The zero-order chi connectivity index (χ0) is 18.3. The van der Waals surface area contributed by atoms with Gasteiger partial charge in [-0.2, -0.15) is 0 Å². The summed E-state index contributed by atoms with van der Waals surface area (Å²) in [5, 5.41) is 5.04. The average molecular weight is 360 g/mol. The summed E-state index contributed by atoms with van der Waals surface area (Å²) in [5.41, 5.74) is -0.971. The van der Waals surface area contributed by atoms with Crippen molar-refractivity contribution in [2.24, 2.45) is 5.41 Å². The first-order valence-corrected chi connectivity index (χ1v) is 7.95. The summed E-state index contributed by atoms with van der Waals surface area (Å²) in [5.74, 6) is -1.68. The standard InChI is InChI=1S/C18H14F2N2O4/c19-10-1-3-13(12(20)7-10)22-17(24)18(5-6-18)16(23)21-11-2-4-14-15(8-11)26-9-25-14/h1-4,7-8H,5-6,9H2,(H,21,23)(H,22,24). The molecule has 0 unspecified atom stereocenters. The number of rotatable bonds is 4. The van der Waals surface area contributed by atoms with Crippen LogP contribution in [-0.2, 0) is 9.59 Å². The molecule has 8 heteroatoms. The molecule has 6 nitrogen and oxygen atoms in total. The lowest BCUT2D eigenvalue weighted by Gasteiger charge is -2.16. The molecule has 134 valence electrons. The van der Waals surface area contributed by atoms with Crippen LogP contribution in [0, 0.1) is 17.0 Å². The monoisotopic (exact) mass is 360 g/mol. The van der Waals surface area contributed by atoms with E-state index in [1.807, 2.05) is 0 Å². The molecule has 2 aromatic carbocycles. The van der Waals surface area contributed by atoms with Crippen LogP contribution in [0.1, 0.15) is 12.8 Å². The molecule has 2 aromatic rings.